The van der Waals surface area contributed by atoms with Crippen LogP contribution in [-0.2, 0) is 9.47 Å². The van der Waals surface area contributed by atoms with Crippen molar-refractivity contribution in [2.24, 2.45) is 5.73 Å². The maximum Gasteiger partial charge on any atom is 0.0808 e. The summed E-state index contributed by atoms with van der Waals surface area (Å²) in [6.07, 6.45) is 4.45. The zero-order chi connectivity index (χ0) is 12.0. The summed E-state index contributed by atoms with van der Waals surface area (Å²) < 4.78 is 11.3. The summed E-state index contributed by atoms with van der Waals surface area (Å²) in [5.74, 6) is 0. The minimum atomic E-state index is -0.549. The van der Waals surface area contributed by atoms with Crippen molar-refractivity contribution in [1.82, 2.24) is 0 Å². The Bertz CT molecular complexity index is 191. The lowest BCUT2D eigenvalue weighted by Gasteiger charge is -2.28. The minimum Gasteiger partial charge on any atom is -0.394 e. The summed E-state index contributed by atoms with van der Waals surface area (Å²) in [6, 6.07) is 0. The Morgan fingerprint density at radius 2 is 2.31 bits per heavy atom. The van der Waals surface area contributed by atoms with Crippen molar-refractivity contribution in [3.8, 4) is 0 Å². The molecule has 3 unspecified atom stereocenters. The molecule has 0 aromatic rings. The molecule has 0 spiro atoms. The Morgan fingerprint density at radius 1 is 1.56 bits per heavy atom. The average molecular weight is 231 g/mol. The molecule has 1 aliphatic rings. The molecule has 1 saturated heterocycles. The lowest BCUT2D eigenvalue weighted by molar-refractivity contribution is -0.0650. The number of ether oxygens (including phenoxy) is 2. The maximum absolute atomic E-state index is 9.05. The maximum atomic E-state index is 9.05. The van der Waals surface area contributed by atoms with E-state index in [9.17, 15) is 0 Å². The van der Waals surface area contributed by atoms with Crippen LogP contribution in [0.2, 0.25) is 0 Å². The summed E-state index contributed by atoms with van der Waals surface area (Å²) in [4.78, 5) is 0. The molecule has 96 valence electrons. The number of nitrogens with two attached hydrogens (primary N) is 1. The molecule has 4 nitrogen and oxygen atoms in total. The minimum absolute atomic E-state index is 0.0133. The first-order valence-corrected chi connectivity index (χ1v) is 6.16. The standard InChI is InChI=1S/C12H25NO3/c1-10(7-12(2,13)9-14)16-8-11-5-3-4-6-15-11/h10-11,14H,3-9,13H2,1-2H3. The summed E-state index contributed by atoms with van der Waals surface area (Å²) >= 11 is 0. The van der Waals surface area contributed by atoms with Crippen molar-refractivity contribution < 1.29 is 14.6 Å². The third-order valence-corrected chi connectivity index (χ3v) is 2.96. The van der Waals surface area contributed by atoms with Gasteiger partial charge in [-0.15, -0.1) is 0 Å². The second-order valence-electron chi connectivity index (χ2n) is 5.15. The van der Waals surface area contributed by atoms with Crippen LogP contribution >= 0.6 is 0 Å². The molecule has 1 heterocycles. The van der Waals surface area contributed by atoms with Gasteiger partial charge < -0.3 is 20.3 Å². The molecule has 3 atom stereocenters. The van der Waals surface area contributed by atoms with Gasteiger partial charge in [0.15, 0.2) is 0 Å². The number of hydrogen-bond donors (Lipinski definition) is 2. The van der Waals surface area contributed by atoms with Crippen LogP contribution in [0.15, 0.2) is 0 Å². The molecule has 1 aliphatic heterocycles. The predicted octanol–water partition coefficient (Wildman–Crippen LogP) is 1.06. The van der Waals surface area contributed by atoms with Gasteiger partial charge in [0.25, 0.3) is 0 Å². The van der Waals surface area contributed by atoms with Gasteiger partial charge in [0, 0.05) is 12.1 Å². The van der Waals surface area contributed by atoms with Gasteiger partial charge in [0.2, 0.25) is 0 Å². The van der Waals surface area contributed by atoms with E-state index in [0.29, 0.717) is 13.0 Å². The molecule has 0 aromatic carbocycles. The molecule has 1 rings (SSSR count). The molecule has 0 aromatic heterocycles. The molecular formula is C12H25NO3. The number of aliphatic hydroxyl groups excluding tert-OH is 1. The van der Waals surface area contributed by atoms with Crippen molar-refractivity contribution in [3.05, 3.63) is 0 Å². The molecule has 3 N–H and O–H groups in total. The average Bonchev–Trinajstić information content (AvgIpc) is 2.27. The highest BCUT2D eigenvalue weighted by Gasteiger charge is 2.22. The van der Waals surface area contributed by atoms with Crippen molar-refractivity contribution in [2.45, 2.75) is 57.3 Å². The highest BCUT2D eigenvalue weighted by atomic mass is 16.5. The van der Waals surface area contributed by atoms with E-state index in [2.05, 4.69) is 0 Å². The topological polar surface area (TPSA) is 64.7 Å². The smallest absolute Gasteiger partial charge is 0.0808 e. The van der Waals surface area contributed by atoms with E-state index in [-0.39, 0.29) is 18.8 Å². The zero-order valence-electron chi connectivity index (χ0n) is 10.4. The first-order chi connectivity index (χ1) is 7.53. The Hall–Kier alpha value is -0.160. The second-order valence-corrected chi connectivity index (χ2v) is 5.15. The van der Waals surface area contributed by atoms with Crippen molar-refractivity contribution in [1.29, 1.82) is 0 Å². The van der Waals surface area contributed by atoms with E-state index >= 15 is 0 Å². The van der Waals surface area contributed by atoms with Crippen LogP contribution in [-0.4, -0.2) is 42.7 Å². The summed E-state index contributed by atoms with van der Waals surface area (Å²) in [5.41, 5.74) is 5.32. The fourth-order valence-corrected chi connectivity index (χ4v) is 1.99. The Morgan fingerprint density at radius 3 is 2.88 bits per heavy atom. The van der Waals surface area contributed by atoms with E-state index in [4.69, 9.17) is 20.3 Å². The SMILES string of the molecule is CC(CC(C)(N)CO)OCC1CCCCO1. The van der Waals surface area contributed by atoms with Crippen LogP contribution < -0.4 is 5.73 Å². The molecule has 0 aliphatic carbocycles. The van der Waals surface area contributed by atoms with Gasteiger partial charge in [0.1, 0.15) is 0 Å². The Labute approximate surface area is 98.1 Å². The molecule has 16 heavy (non-hydrogen) atoms. The van der Waals surface area contributed by atoms with Gasteiger partial charge in [-0.25, -0.2) is 0 Å². The molecule has 0 bridgehead atoms. The van der Waals surface area contributed by atoms with Crippen LogP contribution in [0.25, 0.3) is 0 Å². The third kappa shape index (κ3) is 5.25. The van der Waals surface area contributed by atoms with Gasteiger partial charge in [-0.2, -0.15) is 0 Å². The van der Waals surface area contributed by atoms with E-state index < -0.39 is 5.54 Å². The Balaban J connectivity index is 2.16. The quantitative estimate of drug-likeness (QED) is 0.717. The van der Waals surface area contributed by atoms with Gasteiger partial charge >= 0.3 is 0 Å². The van der Waals surface area contributed by atoms with Crippen LogP contribution in [0.5, 0.6) is 0 Å². The van der Waals surface area contributed by atoms with E-state index in [0.717, 1.165) is 19.4 Å². The molecule has 1 fully saturated rings. The fourth-order valence-electron chi connectivity index (χ4n) is 1.99. The van der Waals surface area contributed by atoms with Gasteiger partial charge in [-0.05, 0) is 39.5 Å². The molecule has 0 radical (unpaired) electrons. The van der Waals surface area contributed by atoms with Crippen LogP contribution in [0, 0.1) is 0 Å². The highest BCUT2D eigenvalue weighted by Crippen LogP contribution is 2.15. The molecule has 4 heteroatoms. The van der Waals surface area contributed by atoms with Gasteiger partial charge in [-0.3, -0.25) is 0 Å². The van der Waals surface area contributed by atoms with Crippen molar-refractivity contribution in [3.63, 3.8) is 0 Å². The lowest BCUT2D eigenvalue weighted by atomic mass is 9.97. The van der Waals surface area contributed by atoms with Gasteiger partial charge in [-0.1, -0.05) is 0 Å². The summed E-state index contributed by atoms with van der Waals surface area (Å²) in [5, 5.41) is 9.05. The number of hydrogen-bond acceptors (Lipinski definition) is 4. The number of aliphatic hydroxyl groups is 1. The van der Waals surface area contributed by atoms with Crippen LogP contribution in [0.3, 0.4) is 0 Å². The van der Waals surface area contributed by atoms with Gasteiger partial charge in [0.05, 0.1) is 25.4 Å². The Kier molecular flexibility index (Phi) is 5.69. The van der Waals surface area contributed by atoms with Crippen LogP contribution in [0.1, 0.15) is 39.5 Å². The predicted molar refractivity (Wildman–Crippen MR) is 63.3 cm³/mol. The normalized spacial score (nSPS) is 27.4. The molecular weight excluding hydrogens is 206 g/mol. The van der Waals surface area contributed by atoms with E-state index in [1.807, 2.05) is 13.8 Å². The summed E-state index contributed by atoms with van der Waals surface area (Å²) in [7, 11) is 0. The highest BCUT2D eigenvalue weighted by molar-refractivity contribution is 4.80. The monoisotopic (exact) mass is 231 g/mol. The zero-order valence-corrected chi connectivity index (χ0v) is 10.4. The van der Waals surface area contributed by atoms with E-state index in [1.165, 1.54) is 6.42 Å². The van der Waals surface area contributed by atoms with Crippen LogP contribution in [0.4, 0.5) is 0 Å². The fraction of sp³-hybridized carbons (Fsp3) is 1.00. The number of rotatable bonds is 6. The third-order valence-electron chi connectivity index (χ3n) is 2.96. The van der Waals surface area contributed by atoms with Crippen molar-refractivity contribution in [2.75, 3.05) is 19.8 Å². The van der Waals surface area contributed by atoms with Crippen molar-refractivity contribution >= 4 is 0 Å². The first-order valence-electron chi connectivity index (χ1n) is 6.16. The molecule has 0 amide bonds. The molecule has 0 saturated carbocycles. The lowest BCUT2D eigenvalue weighted by Crippen LogP contribution is -2.43. The van der Waals surface area contributed by atoms with E-state index in [1.54, 1.807) is 0 Å². The second kappa shape index (κ2) is 6.55. The largest absolute Gasteiger partial charge is 0.394 e. The summed E-state index contributed by atoms with van der Waals surface area (Å²) in [6.45, 7) is 5.31. The first kappa shape index (κ1) is 13.9.